The predicted molar refractivity (Wildman–Crippen MR) is 108 cm³/mol. The summed E-state index contributed by atoms with van der Waals surface area (Å²) in [6.45, 7) is 0. The Morgan fingerprint density at radius 1 is 1.12 bits per heavy atom. The van der Waals surface area contributed by atoms with E-state index in [4.69, 9.17) is 0 Å². The number of carbonyl (C=O) groups excluding carboxylic acids is 1. The van der Waals surface area contributed by atoms with Gasteiger partial charge in [0, 0.05) is 22.8 Å². The van der Waals surface area contributed by atoms with Crippen molar-refractivity contribution in [2.75, 3.05) is 5.32 Å². The van der Waals surface area contributed by atoms with E-state index in [0.717, 1.165) is 34.7 Å². The summed E-state index contributed by atoms with van der Waals surface area (Å²) >= 11 is 0. The van der Waals surface area contributed by atoms with E-state index < -0.39 is 0 Å². The van der Waals surface area contributed by atoms with Gasteiger partial charge in [0.1, 0.15) is 0 Å². The van der Waals surface area contributed by atoms with E-state index in [0.29, 0.717) is 0 Å². The zero-order chi connectivity index (χ0) is 17.8. The van der Waals surface area contributed by atoms with Gasteiger partial charge in [0.15, 0.2) is 0 Å². The Hall–Kier alpha value is -2.81. The van der Waals surface area contributed by atoms with E-state index in [1.165, 1.54) is 31.1 Å². The lowest BCUT2D eigenvalue weighted by atomic mass is 10.0. The van der Waals surface area contributed by atoms with Crippen molar-refractivity contribution in [1.29, 1.82) is 0 Å². The minimum Gasteiger partial charge on any atom is -0.361 e. The van der Waals surface area contributed by atoms with Crippen LogP contribution in [0.2, 0.25) is 0 Å². The van der Waals surface area contributed by atoms with Crippen LogP contribution in [0.15, 0.2) is 66.9 Å². The standard InChI is InChI=1S/C23H24N2O/c26-23(13-3-8-17-6-1-2-7-17)25-19-10-4-9-18(16-19)20-11-5-12-22-21(20)14-15-24-22/h3-5,9-17,24H,1-2,6-8H2,(H,25,26). The molecule has 2 aromatic carbocycles. The number of rotatable bonds is 5. The Kier molecular flexibility index (Phi) is 4.87. The van der Waals surface area contributed by atoms with Crippen LogP contribution in [-0.4, -0.2) is 10.9 Å². The third-order valence-corrected chi connectivity index (χ3v) is 5.25. The molecule has 0 unspecified atom stereocenters. The van der Waals surface area contributed by atoms with Crippen molar-refractivity contribution in [2.45, 2.75) is 32.1 Å². The van der Waals surface area contributed by atoms with Gasteiger partial charge in [0.25, 0.3) is 0 Å². The summed E-state index contributed by atoms with van der Waals surface area (Å²) in [5, 5.41) is 4.17. The number of benzene rings is 2. The number of hydrogen-bond acceptors (Lipinski definition) is 1. The smallest absolute Gasteiger partial charge is 0.248 e. The van der Waals surface area contributed by atoms with Crippen molar-refractivity contribution in [2.24, 2.45) is 5.92 Å². The maximum atomic E-state index is 12.2. The van der Waals surface area contributed by atoms with E-state index in [1.54, 1.807) is 6.08 Å². The summed E-state index contributed by atoms with van der Waals surface area (Å²) < 4.78 is 0. The van der Waals surface area contributed by atoms with Crippen LogP contribution < -0.4 is 5.32 Å². The average molecular weight is 344 g/mol. The minimum atomic E-state index is -0.0556. The second-order valence-electron chi connectivity index (χ2n) is 7.10. The van der Waals surface area contributed by atoms with Crippen LogP contribution in [0, 0.1) is 5.92 Å². The highest BCUT2D eigenvalue weighted by atomic mass is 16.1. The van der Waals surface area contributed by atoms with Crippen molar-refractivity contribution in [3.05, 3.63) is 66.9 Å². The molecule has 1 fully saturated rings. The fourth-order valence-corrected chi connectivity index (χ4v) is 3.90. The SMILES string of the molecule is O=C(C=CCC1CCCC1)Nc1cccc(-c2cccc3[nH]ccc23)c1. The molecule has 0 spiro atoms. The summed E-state index contributed by atoms with van der Waals surface area (Å²) in [7, 11) is 0. The fraction of sp³-hybridized carbons (Fsp3) is 0.261. The second kappa shape index (κ2) is 7.61. The molecular formula is C23H24N2O. The highest BCUT2D eigenvalue weighted by molar-refractivity contribution is 6.00. The molecule has 4 rings (SSSR count). The van der Waals surface area contributed by atoms with Gasteiger partial charge < -0.3 is 10.3 Å². The molecule has 2 N–H and O–H groups in total. The van der Waals surface area contributed by atoms with Crippen LogP contribution in [0.4, 0.5) is 5.69 Å². The maximum Gasteiger partial charge on any atom is 0.248 e. The molecule has 0 atom stereocenters. The van der Waals surface area contributed by atoms with Crippen molar-refractivity contribution in [1.82, 2.24) is 4.98 Å². The van der Waals surface area contributed by atoms with Crippen LogP contribution in [0.3, 0.4) is 0 Å². The fourth-order valence-electron chi connectivity index (χ4n) is 3.90. The van der Waals surface area contributed by atoms with Crippen LogP contribution >= 0.6 is 0 Å². The lowest BCUT2D eigenvalue weighted by Gasteiger charge is -2.08. The first-order valence-corrected chi connectivity index (χ1v) is 9.44. The molecule has 1 saturated carbocycles. The largest absolute Gasteiger partial charge is 0.361 e. The van der Waals surface area contributed by atoms with Crippen molar-refractivity contribution >= 4 is 22.5 Å². The number of hydrogen-bond donors (Lipinski definition) is 2. The Morgan fingerprint density at radius 3 is 2.85 bits per heavy atom. The van der Waals surface area contributed by atoms with E-state index in [1.807, 2.05) is 36.5 Å². The Balaban J connectivity index is 1.46. The molecule has 132 valence electrons. The first-order valence-electron chi connectivity index (χ1n) is 9.44. The van der Waals surface area contributed by atoms with E-state index in [2.05, 4.69) is 34.6 Å². The monoisotopic (exact) mass is 344 g/mol. The van der Waals surface area contributed by atoms with Crippen molar-refractivity contribution in [3.8, 4) is 11.1 Å². The summed E-state index contributed by atoms with van der Waals surface area (Å²) in [6, 6.07) is 16.3. The predicted octanol–water partition coefficient (Wildman–Crippen LogP) is 5.91. The highest BCUT2D eigenvalue weighted by Crippen LogP contribution is 2.30. The zero-order valence-electron chi connectivity index (χ0n) is 14.9. The van der Waals surface area contributed by atoms with E-state index in [9.17, 15) is 4.79 Å². The summed E-state index contributed by atoms with van der Waals surface area (Å²) in [5.74, 6) is 0.712. The quantitative estimate of drug-likeness (QED) is 0.555. The zero-order valence-corrected chi connectivity index (χ0v) is 14.9. The number of carbonyl (C=O) groups is 1. The van der Waals surface area contributed by atoms with Crippen LogP contribution in [0.1, 0.15) is 32.1 Å². The molecule has 3 heteroatoms. The van der Waals surface area contributed by atoms with Crippen molar-refractivity contribution < 1.29 is 4.79 Å². The summed E-state index contributed by atoms with van der Waals surface area (Å²) in [4.78, 5) is 15.4. The van der Waals surface area contributed by atoms with Gasteiger partial charge in [-0.1, -0.05) is 56.0 Å². The van der Waals surface area contributed by atoms with Crippen LogP contribution in [0.25, 0.3) is 22.0 Å². The van der Waals surface area contributed by atoms with Gasteiger partial charge in [-0.3, -0.25) is 4.79 Å². The Bertz CT molecular complexity index is 932. The molecule has 1 aliphatic rings. The first kappa shape index (κ1) is 16.6. The number of H-pyrrole nitrogens is 1. The second-order valence-corrected chi connectivity index (χ2v) is 7.10. The van der Waals surface area contributed by atoms with Gasteiger partial charge in [0.2, 0.25) is 5.91 Å². The third-order valence-electron chi connectivity index (χ3n) is 5.25. The lowest BCUT2D eigenvalue weighted by molar-refractivity contribution is -0.111. The molecule has 0 aliphatic heterocycles. The first-order chi connectivity index (χ1) is 12.8. The molecule has 3 nitrogen and oxygen atoms in total. The molecule has 1 aromatic heterocycles. The van der Waals surface area contributed by atoms with Crippen LogP contribution in [0.5, 0.6) is 0 Å². The molecule has 0 saturated heterocycles. The molecule has 0 radical (unpaired) electrons. The van der Waals surface area contributed by atoms with Crippen LogP contribution in [-0.2, 0) is 4.79 Å². The molecule has 26 heavy (non-hydrogen) atoms. The lowest BCUT2D eigenvalue weighted by Crippen LogP contribution is -2.08. The Labute approximate surface area is 154 Å². The van der Waals surface area contributed by atoms with Gasteiger partial charge in [-0.15, -0.1) is 0 Å². The molecule has 1 heterocycles. The van der Waals surface area contributed by atoms with Gasteiger partial charge >= 0.3 is 0 Å². The summed E-state index contributed by atoms with van der Waals surface area (Å²) in [6.07, 6.45) is 12.0. The average Bonchev–Trinajstić information content (AvgIpc) is 3.33. The van der Waals surface area contributed by atoms with E-state index in [-0.39, 0.29) is 5.91 Å². The number of aromatic nitrogens is 1. The number of allylic oxidation sites excluding steroid dienone is 1. The number of amides is 1. The van der Waals surface area contributed by atoms with Gasteiger partial charge in [-0.2, -0.15) is 0 Å². The van der Waals surface area contributed by atoms with Gasteiger partial charge in [0.05, 0.1) is 0 Å². The molecule has 0 bridgehead atoms. The highest BCUT2D eigenvalue weighted by Gasteiger charge is 2.13. The van der Waals surface area contributed by atoms with Crippen molar-refractivity contribution in [3.63, 3.8) is 0 Å². The molecular weight excluding hydrogens is 320 g/mol. The number of nitrogens with one attached hydrogen (secondary N) is 2. The molecule has 3 aromatic rings. The van der Waals surface area contributed by atoms with E-state index >= 15 is 0 Å². The number of aromatic amines is 1. The maximum absolute atomic E-state index is 12.2. The number of anilines is 1. The molecule has 1 amide bonds. The topological polar surface area (TPSA) is 44.9 Å². The van der Waals surface area contributed by atoms with Gasteiger partial charge in [-0.05, 0) is 53.8 Å². The minimum absolute atomic E-state index is 0.0556. The Morgan fingerprint density at radius 2 is 1.96 bits per heavy atom. The molecule has 1 aliphatic carbocycles. The summed E-state index contributed by atoms with van der Waals surface area (Å²) in [5.41, 5.74) is 4.21. The normalized spacial score (nSPS) is 15.1. The third kappa shape index (κ3) is 3.72. The number of fused-ring (bicyclic) bond motifs is 1. The van der Waals surface area contributed by atoms with Gasteiger partial charge in [-0.25, -0.2) is 0 Å².